The van der Waals surface area contributed by atoms with Gasteiger partial charge in [0.25, 0.3) is 18.0 Å². The van der Waals surface area contributed by atoms with E-state index in [1.54, 1.807) is 6.21 Å². The van der Waals surface area contributed by atoms with Gasteiger partial charge in [-0.25, -0.2) is 0 Å². The van der Waals surface area contributed by atoms with E-state index in [2.05, 4.69) is 0 Å². The molecule has 1 aromatic heterocycles. The summed E-state index contributed by atoms with van der Waals surface area (Å²) in [6, 6.07) is 3.70. The molecule has 2 aliphatic rings. The molecule has 2 heterocycles. The van der Waals surface area contributed by atoms with Crippen LogP contribution in [0.1, 0.15) is 30.6 Å². The van der Waals surface area contributed by atoms with Crippen molar-refractivity contribution >= 4 is 23.3 Å². The summed E-state index contributed by atoms with van der Waals surface area (Å²) < 4.78 is 2.34. The Morgan fingerprint density at radius 1 is 1.29 bits per heavy atom. The molecule has 0 radical (unpaired) electrons. The van der Waals surface area contributed by atoms with Crippen molar-refractivity contribution in [1.29, 1.82) is 0 Å². The van der Waals surface area contributed by atoms with Gasteiger partial charge >= 0.3 is 0 Å². The molecule has 1 N–H and O–H groups in total. The van der Waals surface area contributed by atoms with Crippen LogP contribution in [0.3, 0.4) is 0 Å². The maximum atomic E-state index is 12.3. The van der Waals surface area contributed by atoms with Crippen molar-refractivity contribution < 1.29 is 14.7 Å². The topological polar surface area (TPSA) is 49.3 Å². The van der Waals surface area contributed by atoms with Gasteiger partial charge in [0.1, 0.15) is 4.88 Å². The molecular weight excluding hydrogens is 236 g/mol. The van der Waals surface area contributed by atoms with Gasteiger partial charge in [0.15, 0.2) is 0 Å². The molecule has 1 aliphatic carbocycles. The number of hydrogen-bond acceptors (Lipinski definition) is 3. The predicted molar refractivity (Wildman–Crippen MR) is 66.2 cm³/mol. The average molecular weight is 251 g/mol. The molecule has 5 heteroatoms. The standard InChI is InChI=1S/C12H15N2O2S/c15-13-8-11(12-6-3-7-17-12)14(16)10-5-2-1-4-9(10)13/h3,6-10,15H,1-2,4-5H2/q+1/t9-,10+/m0/s1. The van der Waals surface area contributed by atoms with Crippen LogP contribution < -0.4 is 0 Å². The first-order chi connectivity index (χ1) is 8.27. The Kier molecular flexibility index (Phi) is 2.63. The lowest BCUT2D eigenvalue weighted by molar-refractivity contribution is -0.819. The van der Waals surface area contributed by atoms with E-state index in [0.29, 0.717) is 5.71 Å². The zero-order valence-corrected chi connectivity index (χ0v) is 10.3. The van der Waals surface area contributed by atoms with Gasteiger partial charge in [-0.15, -0.1) is 11.3 Å². The lowest BCUT2D eigenvalue weighted by Gasteiger charge is -2.27. The van der Waals surface area contributed by atoms with Crippen LogP contribution in [0.4, 0.5) is 0 Å². The van der Waals surface area contributed by atoms with E-state index in [0.717, 1.165) is 35.3 Å². The Morgan fingerprint density at radius 3 is 2.76 bits per heavy atom. The van der Waals surface area contributed by atoms with E-state index in [1.165, 1.54) is 16.1 Å². The van der Waals surface area contributed by atoms with Gasteiger partial charge in [0, 0.05) is 12.8 Å². The quantitative estimate of drug-likeness (QED) is 0.470. The molecule has 1 fully saturated rings. The summed E-state index contributed by atoms with van der Waals surface area (Å²) in [5.41, 5.74) is 0.589. The molecule has 4 nitrogen and oxygen atoms in total. The lowest BCUT2D eigenvalue weighted by Crippen LogP contribution is -2.50. The van der Waals surface area contributed by atoms with E-state index in [1.807, 2.05) is 17.5 Å². The molecule has 90 valence electrons. The zero-order chi connectivity index (χ0) is 11.8. The molecule has 2 atom stereocenters. The maximum Gasteiger partial charge on any atom is 0.297 e. The van der Waals surface area contributed by atoms with E-state index in [-0.39, 0.29) is 12.1 Å². The van der Waals surface area contributed by atoms with Gasteiger partial charge < -0.3 is 5.21 Å². The van der Waals surface area contributed by atoms with Crippen LogP contribution >= 0.6 is 11.3 Å². The first kappa shape index (κ1) is 10.8. The number of thiophene rings is 1. The van der Waals surface area contributed by atoms with Crippen molar-refractivity contribution in [2.75, 3.05) is 0 Å². The van der Waals surface area contributed by atoms with Crippen molar-refractivity contribution in [3.8, 4) is 0 Å². The summed E-state index contributed by atoms with van der Waals surface area (Å²) in [4.78, 5) is 0.920. The second kappa shape index (κ2) is 4.14. The Bertz CT molecular complexity index is 479. The van der Waals surface area contributed by atoms with Crippen LogP contribution in [0.2, 0.25) is 0 Å². The van der Waals surface area contributed by atoms with Crippen LogP contribution in [0, 0.1) is 5.21 Å². The molecule has 0 amide bonds. The molecular formula is C12H15N2O2S+. The van der Waals surface area contributed by atoms with E-state index in [4.69, 9.17) is 0 Å². The van der Waals surface area contributed by atoms with Gasteiger partial charge in [-0.05, 0) is 29.0 Å². The highest BCUT2D eigenvalue weighted by molar-refractivity contribution is 7.12. The highest BCUT2D eigenvalue weighted by atomic mass is 32.1. The van der Waals surface area contributed by atoms with E-state index >= 15 is 0 Å². The second-order valence-corrected chi connectivity index (χ2v) is 5.56. The minimum absolute atomic E-state index is 0.0371. The van der Waals surface area contributed by atoms with Crippen LogP contribution in [-0.4, -0.2) is 38.7 Å². The van der Waals surface area contributed by atoms with Crippen molar-refractivity contribution in [3.05, 3.63) is 27.6 Å². The second-order valence-electron chi connectivity index (χ2n) is 4.62. The molecule has 1 aliphatic heterocycles. The minimum Gasteiger partial charge on any atom is -0.623 e. The lowest BCUT2D eigenvalue weighted by atomic mass is 9.89. The average Bonchev–Trinajstić information content (AvgIpc) is 2.87. The Morgan fingerprint density at radius 2 is 2.06 bits per heavy atom. The Labute approximate surface area is 104 Å². The fourth-order valence-corrected chi connectivity index (χ4v) is 3.45. The first-order valence-electron chi connectivity index (χ1n) is 5.96. The molecule has 0 spiro atoms. The van der Waals surface area contributed by atoms with Crippen molar-refractivity contribution in [3.63, 3.8) is 0 Å². The molecule has 0 bridgehead atoms. The summed E-state index contributed by atoms with van der Waals surface area (Å²) in [5.74, 6) is 0. The monoisotopic (exact) mass is 251 g/mol. The zero-order valence-electron chi connectivity index (χ0n) is 9.45. The smallest absolute Gasteiger partial charge is 0.297 e. The van der Waals surface area contributed by atoms with Gasteiger partial charge in [-0.1, -0.05) is 6.07 Å². The summed E-state index contributed by atoms with van der Waals surface area (Å²) in [5, 5.41) is 24.3. The molecule has 1 aromatic rings. The molecule has 17 heavy (non-hydrogen) atoms. The highest BCUT2D eigenvalue weighted by Crippen LogP contribution is 2.25. The van der Waals surface area contributed by atoms with Crippen LogP contribution in [-0.2, 0) is 0 Å². The Balaban J connectivity index is 2.03. The Hall–Kier alpha value is -1.36. The van der Waals surface area contributed by atoms with Crippen LogP contribution in [0.5, 0.6) is 0 Å². The largest absolute Gasteiger partial charge is 0.623 e. The van der Waals surface area contributed by atoms with E-state index in [9.17, 15) is 10.4 Å². The number of hydroxylamine groups is 2. The highest BCUT2D eigenvalue weighted by Gasteiger charge is 2.45. The SMILES string of the molecule is [O-][N+]1=C(c2cccs2)C=[N+](O)[C@H]2CCCC[C@H]21. The summed E-state index contributed by atoms with van der Waals surface area (Å²) >= 11 is 1.53. The van der Waals surface area contributed by atoms with Crippen LogP contribution in [0.15, 0.2) is 17.5 Å². The fourth-order valence-electron chi connectivity index (χ4n) is 2.73. The summed E-state index contributed by atoms with van der Waals surface area (Å²) in [6.07, 6.45) is 5.51. The molecule has 0 saturated heterocycles. The number of hydrogen-bond donors (Lipinski definition) is 1. The normalized spacial score (nSPS) is 28.8. The number of rotatable bonds is 1. The summed E-state index contributed by atoms with van der Waals surface area (Å²) in [6.45, 7) is 0. The van der Waals surface area contributed by atoms with Crippen molar-refractivity contribution in [2.45, 2.75) is 37.8 Å². The minimum atomic E-state index is -0.101. The third-order valence-corrected chi connectivity index (χ3v) is 4.49. The van der Waals surface area contributed by atoms with Gasteiger partial charge in [0.2, 0.25) is 6.04 Å². The number of nitrogens with zero attached hydrogens (tertiary/aromatic N) is 2. The molecule has 0 unspecified atom stereocenters. The third kappa shape index (κ3) is 1.74. The van der Waals surface area contributed by atoms with Gasteiger partial charge in [-0.3, -0.25) is 5.21 Å². The molecule has 1 saturated carbocycles. The molecule has 3 rings (SSSR count). The van der Waals surface area contributed by atoms with Gasteiger partial charge in [0.05, 0.1) is 0 Å². The van der Waals surface area contributed by atoms with Crippen molar-refractivity contribution in [1.82, 2.24) is 0 Å². The molecule has 0 aromatic carbocycles. The maximum absolute atomic E-state index is 12.3. The van der Waals surface area contributed by atoms with Gasteiger partial charge in [-0.2, -0.15) is 4.74 Å². The number of fused-ring (bicyclic) bond motifs is 1. The summed E-state index contributed by atoms with van der Waals surface area (Å²) in [7, 11) is 0. The fraction of sp³-hybridized carbons (Fsp3) is 0.500. The van der Waals surface area contributed by atoms with E-state index < -0.39 is 0 Å². The van der Waals surface area contributed by atoms with Crippen LogP contribution in [0.25, 0.3) is 0 Å². The predicted octanol–water partition coefficient (Wildman–Crippen LogP) is 1.84. The third-order valence-electron chi connectivity index (χ3n) is 3.60. The first-order valence-corrected chi connectivity index (χ1v) is 6.84. The van der Waals surface area contributed by atoms with Crippen molar-refractivity contribution in [2.24, 2.45) is 0 Å².